The second kappa shape index (κ2) is 5.26. The molecule has 0 fully saturated rings. The molecule has 6 heteroatoms. The predicted molar refractivity (Wildman–Crippen MR) is 80.9 cm³/mol. The lowest BCUT2D eigenvalue weighted by Crippen LogP contribution is -2.20. The van der Waals surface area contributed by atoms with E-state index in [4.69, 9.17) is 10.5 Å². The Balaban J connectivity index is 2.19. The van der Waals surface area contributed by atoms with Crippen molar-refractivity contribution in [1.82, 2.24) is 10.2 Å². The van der Waals surface area contributed by atoms with Gasteiger partial charge in [0, 0.05) is 15.4 Å². The molecule has 0 spiro atoms. The van der Waals surface area contributed by atoms with Crippen LogP contribution < -0.4 is 10.5 Å². The number of nitriles is 1. The summed E-state index contributed by atoms with van der Waals surface area (Å²) in [7, 11) is 0. The van der Waals surface area contributed by atoms with Gasteiger partial charge in [-0.1, -0.05) is 13.3 Å². The molecular formula is C15H16N4OS. The smallest absolute Gasteiger partial charge is 0.244 e. The van der Waals surface area contributed by atoms with E-state index in [-0.39, 0.29) is 11.8 Å². The highest BCUT2D eigenvalue weighted by Gasteiger charge is 2.35. The topological polar surface area (TPSA) is 87.7 Å². The van der Waals surface area contributed by atoms with Gasteiger partial charge in [-0.05, 0) is 25.5 Å². The monoisotopic (exact) mass is 300 g/mol. The van der Waals surface area contributed by atoms with Crippen LogP contribution in [0.4, 0.5) is 0 Å². The van der Waals surface area contributed by atoms with Crippen molar-refractivity contribution >= 4 is 11.3 Å². The van der Waals surface area contributed by atoms with E-state index in [1.54, 1.807) is 11.3 Å². The van der Waals surface area contributed by atoms with Gasteiger partial charge in [-0.25, -0.2) is 0 Å². The zero-order chi connectivity index (χ0) is 15.0. The number of hydrogen-bond donors (Lipinski definition) is 2. The Bertz CT molecular complexity index is 750. The van der Waals surface area contributed by atoms with Crippen molar-refractivity contribution in [1.29, 1.82) is 5.26 Å². The fourth-order valence-corrected chi connectivity index (χ4v) is 3.64. The van der Waals surface area contributed by atoms with E-state index in [1.807, 2.05) is 6.07 Å². The average molecular weight is 300 g/mol. The second-order valence-corrected chi connectivity index (χ2v) is 6.36. The molecule has 0 bridgehead atoms. The van der Waals surface area contributed by atoms with Crippen molar-refractivity contribution in [2.75, 3.05) is 0 Å². The van der Waals surface area contributed by atoms with Crippen LogP contribution in [0.2, 0.25) is 0 Å². The molecule has 0 amide bonds. The average Bonchev–Trinajstić information content (AvgIpc) is 3.05. The number of aromatic nitrogens is 2. The quantitative estimate of drug-likeness (QED) is 0.912. The molecule has 2 aromatic heterocycles. The van der Waals surface area contributed by atoms with Crippen LogP contribution in [0.15, 0.2) is 23.6 Å². The number of H-pyrrole nitrogens is 1. The first-order valence-electron chi connectivity index (χ1n) is 6.86. The number of thiophene rings is 1. The molecule has 0 aromatic carbocycles. The summed E-state index contributed by atoms with van der Waals surface area (Å²) < 4.78 is 5.52. The predicted octanol–water partition coefficient (Wildman–Crippen LogP) is 2.95. The molecule has 1 unspecified atom stereocenters. The van der Waals surface area contributed by atoms with Crippen molar-refractivity contribution in [3.05, 3.63) is 44.6 Å². The molecule has 3 heterocycles. The summed E-state index contributed by atoms with van der Waals surface area (Å²) in [6, 6.07) is 6.31. The van der Waals surface area contributed by atoms with Crippen LogP contribution in [0, 0.1) is 18.3 Å². The maximum absolute atomic E-state index is 9.49. The minimum absolute atomic E-state index is 0.149. The van der Waals surface area contributed by atoms with Gasteiger partial charge in [-0.3, -0.25) is 5.10 Å². The minimum atomic E-state index is -0.183. The number of nitrogens with zero attached hydrogens (tertiary/aromatic N) is 2. The molecular weight excluding hydrogens is 284 g/mol. The number of fused-ring (bicyclic) bond motifs is 1. The van der Waals surface area contributed by atoms with E-state index in [0.717, 1.165) is 29.0 Å². The molecule has 3 rings (SSSR count). The van der Waals surface area contributed by atoms with Crippen LogP contribution in [0.1, 0.15) is 40.3 Å². The number of nitrogens with one attached hydrogen (secondary N) is 1. The second-order valence-electron chi connectivity index (χ2n) is 5.04. The molecule has 0 saturated carbocycles. The summed E-state index contributed by atoms with van der Waals surface area (Å²) in [5.74, 6) is 0.458. The number of rotatable bonds is 3. The molecule has 21 heavy (non-hydrogen) atoms. The molecule has 1 aliphatic rings. The molecule has 3 N–H and O–H groups in total. The lowest BCUT2D eigenvalue weighted by atomic mass is 9.88. The van der Waals surface area contributed by atoms with Crippen molar-refractivity contribution in [3.8, 4) is 11.9 Å². The van der Waals surface area contributed by atoms with Crippen LogP contribution in [0.5, 0.6) is 5.88 Å². The summed E-state index contributed by atoms with van der Waals surface area (Å²) in [6.45, 7) is 4.16. The summed E-state index contributed by atoms with van der Waals surface area (Å²) in [5, 5.41) is 16.7. The highest BCUT2D eigenvalue weighted by Crippen LogP contribution is 2.44. The largest absolute Gasteiger partial charge is 0.420 e. The van der Waals surface area contributed by atoms with Crippen molar-refractivity contribution < 1.29 is 4.74 Å². The maximum Gasteiger partial charge on any atom is 0.244 e. The molecule has 108 valence electrons. The summed E-state index contributed by atoms with van der Waals surface area (Å²) in [4.78, 5) is 2.30. The van der Waals surface area contributed by atoms with Crippen molar-refractivity contribution in [2.24, 2.45) is 5.73 Å². The molecule has 0 aliphatic carbocycles. The Morgan fingerprint density at radius 2 is 2.33 bits per heavy atom. The Kier molecular flexibility index (Phi) is 3.43. The highest BCUT2D eigenvalue weighted by molar-refractivity contribution is 7.12. The zero-order valence-electron chi connectivity index (χ0n) is 11.9. The van der Waals surface area contributed by atoms with Crippen molar-refractivity contribution in [2.45, 2.75) is 32.6 Å². The number of ether oxygens (including phenoxy) is 1. The number of allylic oxidation sites excluding steroid dienone is 1. The van der Waals surface area contributed by atoms with E-state index >= 15 is 0 Å². The van der Waals surface area contributed by atoms with Crippen LogP contribution in [-0.4, -0.2) is 10.2 Å². The highest BCUT2D eigenvalue weighted by atomic mass is 32.1. The van der Waals surface area contributed by atoms with Gasteiger partial charge < -0.3 is 10.5 Å². The van der Waals surface area contributed by atoms with Gasteiger partial charge in [0.15, 0.2) is 0 Å². The Morgan fingerprint density at radius 1 is 1.52 bits per heavy atom. The van der Waals surface area contributed by atoms with E-state index in [0.29, 0.717) is 11.5 Å². The zero-order valence-corrected chi connectivity index (χ0v) is 12.8. The van der Waals surface area contributed by atoms with E-state index in [1.165, 1.54) is 4.88 Å². The van der Waals surface area contributed by atoms with E-state index in [9.17, 15) is 5.26 Å². The fourth-order valence-electron chi connectivity index (χ4n) is 2.64. The van der Waals surface area contributed by atoms with E-state index < -0.39 is 0 Å². The number of nitrogens with two attached hydrogens (primary N) is 1. The van der Waals surface area contributed by atoms with Crippen LogP contribution in [0.25, 0.3) is 0 Å². The SMILES string of the molecule is CCCc1[nH]nc2c1C(c1ccc(C)s1)C(C#N)=C(N)O2. The third-order valence-electron chi connectivity index (χ3n) is 3.56. The molecule has 1 atom stereocenters. The molecule has 2 aromatic rings. The van der Waals surface area contributed by atoms with Crippen molar-refractivity contribution in [3.63, 3.8) is 0 Å². The van der Waals surface area contributed by atoms with Crippen LogP contribution in [0.3, 0.4) is 0 Å². The molecule has 1 aliphatic heterocycles. The Morgan fingerprint density at radius 3 is 2.95 bits per heavy atom. The summed E-state index contributed by atoms with van der Waals surface area (Å²) in [6.07, 6.45) is 1.86. The molecule has 5 nitrogen and oxygen atoms in total. The van der Waals surface area contributed by atoms with Gasteiger partial charge in [-0.15, -0.1) is 16.4 Å². The number of aryl methyl sites for hydroxylation is 2. The third-order valence-corrected chi connectivity index (χ3v) is 4.63. The van der Waals surface area contributed by atoms with E-state index in [2.05, 4.69) is 36.2 Å². The van der Waals surface area contributed by atoms with Gasteiger partial charge >= 0.3 is 0 Å². The maximum atomic E-state index is 9.49. The van der Waals surface area contributed by atoms with Gasteiger partial charge in [-0.2, -0.15) is 5.26 Å². The lowest BCUT2D eigenvalue weighted by Gasteiger charge is -2.22. The molecule has 0 radical (unpaired) electrons. The first-order valence-corrected chi connectivity index (χ1v) is 7.68. The summed E-state index contributed by atoms with van der Waals surface area (Å²) in [5.41, 5.74) is 8.33. The minimum Gasteiger partial charge on any atom is -0.420 e. The number of aromatic amines is 1. The van der Waals surface area contributed by atoms with Gasteiger partial charge in [0.1, 0.15) is 11.6 Å². The summed E-state index contributed by atoms with van der Waals surface area (Å²) >= 11 is 1.67. The lowest BCUT2D eigenvalue weighted by molar-refractivity contribution is 0.379. The normalized spacial score (nSPS) is 17.3. The van der Waals surface area contributed by atoms with Gasteiger partial charge in [0.05, 0.1) is 11.5 Å². The Labute approximate surface area is 127 Å². The Hall–Kier alpha value is -2.26. The standard InChI is InChI=1S/C15H16N4OS/c1-3-4-10-13-12(11-6-5-8(2)21-11)9(7-16)14(17)20-15(13)19-18-10/h5-6,12H,3-4,17H2,1-2H3,(H,18,19). The van der Waals surface area contributed by atoms with Crippen LogP contribution >= 0.6 is 11.3 Å². The first kappa shape index (κ1) is 13.7. The fraction of sp³-hybridized carbons (Fsp3) is 0.333. The van der Waals surface area contributed by atoms with Gasteiger partial charge in [0.2, 0.25) is 11.8 Å². The first-order chi connectivity index (χ1) is 10.2. The molecule has 0 saturated heterocycles. The van der Waals surface area contributed by atoms with Gasteiger partial charge in [0.25, 0.3) is 0 Å². The third kappa shape index (κ3) is 2.20. The van der Waals surface area contributed by atoms with Crippen LogP contribution in [-0.2, 0) is 6.42 Å². The number of hydrogen-bond acceptors (Lipinski definition) is 5.